The maximum Gasteiger partial charge on any atom is 0.416 e. The summed E-state index contributed by atoms with van der Waals surface area (Å²) >= 11 is 5.56. The van der Waals surface area contributed by atoms with Gasteiger partial charge in [-0.05, 0) is 48.0 Å². The molecule has 0 saturated heterocycles. The highest BCUT2D eigenvalue weighted by Gasteiger charge is 2.30. The van der Waals surface area contributed by atoms with Gasteiger partial charge in [0.2, 0.25) is 0 Å². The van der Waals surface area contributed by atoms with E-state index in [2.05, 4.69) is 0 Å². The quantitative estimate of drug-likeness (QED) is 0.926. The van der Waals surface area contributed by atoms with E-state index in [1.807, 2.05) is 0 Å². The monoisotopic (exact) mass is 306 g/mol. The van der Waals surface area contributed by atoms with E-state index in [0.717, 1.165) is 12.1 Å². The molecule has 0 saturated carbocycles. The maximum absolute atomic E-state index is 12.4. The highest BCUT2D eigenvalue weighted by Crippen LogP contribution is 2.30. The molecule has 1 N–H and O–H groups in total. The Morgan fingerprint density at radius 1 is 1.15 bits per heavy atom. The molecule has 1 heterocycles. The second-order valence-electron chi connectivity index (χ2n) is 3.99. The van der Waals surface area contributed by atoms with Gasteiger partial charge in [0.15, 0.2) is 5.22 Å². The van der Waals surface area contributed by atoms with Gasteiger partial charge < -0.3 is 14.3 Å². The second-order valence-corrected chi connectivity index (χ2v) is 4.36. The number of hydrogen-bond donors (Lipinski definition) is 1. The van der Waals surface area contributed by atoms with Crippen LogP contribution in [0.2, 0.25) is 5.22 Å². The number of rotatable bonds is 4. The predicted octanol–water partition coefficient (Wildman–Crippen LogP) is 4.06. The molecule has 0 fully saturated rings. The van der Waals surface area contributed by atoms with E-state index in [1.54, 1.807) is 0 Å². The van der Waals surface area contributed by atoms with Crippen molar-refractivity contribution in [3.05, 3.63) is 52.9 Å². The average molecular weight is 307 g/mol. The van der Waals surface area contributed by atoms with E-state index >= 15 is 0 Å². The van der Waals surface area contributed by atoms with Crippen molar-refractivity contribution in [1.82, 2.24) is 0 Å². The standard InChI is InChI=1S/C13H10ClF3O3/c14-12-6-5-11(20-12)10(18)7-19-9-3-1-8(2-4-9)13(15,16)17/h1-6,10,18H,7H2. The van der Waals surface area contributed by atoms with Gasteiger partial charge in [-0.1, -0.05) is 0 Å². The lowest BCUT2D eigenvalue weighted by Gasteiger charge is -2.11. The van der Waals surface area contributed by atoms with Crippen molar-refractivity contribution >= 4 is 11.6 Å². The number of hydrogen-bond acceptors (Lipinski definition) is 3. The molecular weight excluding hydrogens is 297 g/mol. The Hall–Kier alpha value is -1.66. The average Bonchev–Trinajstić information content (AvgIpc) is 2.82. The lowest BCUT2D eigenvalue weighted by Crippen LogP contribution is -2.09. The Bertz CT molecular complexity index is 563. The summed E-state index contributed by atoms with van der Waals surface area (Å²) in [5, 5.41) is 9.85. The zero-order valence-corrected chi connectivity index (χ0v) is 10.8. The van der Waals surface area contributed by atoms with Crippen molar-refractivity contribution in [2.24, 2.45) is 0 Å². The number of alkyl halides is 3. The predicted molar refractivity (Wildman–Crippen MR) is 65.6 cm³/mol. The summed E-state index contributed by atoms with van der Waals surface area (Å²) in [6, 6.07) is 7.15. The Labute approximate surface area is 117 Å². The smallest absolute Gasteiger partial charge is 0.416 e. The summed E-state index contributed by atoms with van der Waals surface area (Å²) in [5.74, 6) is 0.441. The first kappa shape index (κ1) is 14.7. The summed E-state index contributed by atoms with van der Waals surface area (Å²) < 4.78 is 47.2. The van der Waals surface area contributed by atoms with Crippen LogP contribution in [0.1, 0.15) is 17.4 Å². The van der Waals surface area contributed by atoms with E-state index < -0.39 is 17.8 Å². The van der Waals surface area contributed by atoms with Crippen molar-refractivity contribution in [3.63, 3.8) is 0 Å². The van der Waals surface area contributed by atoms with Gasteiger partial charge in [-0.15, -0.1) is 0 Å². The minimum atomic E-state index is -4.39. The van der Waals surface area contributed by atoms with Gasteiger partial charge >= 0.3 is 6.18 Å². The van der Waals surface area contributed by atoms with Gasteiger partial charge in [-0.25, -0.2) is 0 Å². The third-order valence-electron chi connectivity index (χ3n) is 2.51. The lowest BCUT2D eigenvalue weighted by molar-refractivity contribution is -0.137. The van der Waals surface area contributed by atoms with Crippen molar-refractivity contribution in [1.29, 1.82) is 0 Å². The topological polar surface area (TPSA) is 42.6 Å². The van der Waals surface area contributed by atoms with Crippen LogP contribution in [0.3, 0.4) is 0 Å². The van der Waals surface area contributed by atoms with Crippen LogP contribution in [0.15, 0.2) is 40.8 Å². The largest absolute Gasteiger partial charge is 0.490 e. The molecule has 20 heavy (non-hydrogen) atoms. The molecule has 2 aromatic rings. The first-order chi connectivity index (χ1) is 9.36. The first-order valence-corrected chi connectivity index (χ1v) is 5.97. The molecule has 1 aromatic carbocycles. The number of benzene rings is 1. The number of ether oxygens (including phenoxy) is 1. The summed E-state index contributed by atoms with van der Waals surface area (Å²) in [5.41, 5.74) is -0.761. The number of furan rings is 1. The number of aliphatic hydroxyl groups excluding tert-OH is 1. The van der Waals surface area contributed by atoms with Gasteiger partial charge in [0.25, 0.3) is 0 Å². The summed E-state index contributed by atoms with van der Waals surface area (Å²) in [4.78, 5) is 0. The molecule has 1 aromatic heterocycles. The minimum Gasteiger partial charge on any atom is -0.490 e. The zero-order valence-electron chi connectivity index (χ0n) is 10.0. The van der Waals surface area contributed by atoms with Gasteiger partial charge in [-0.3, -0.25) is 0 Å². The van der Waals surface area contributed by atoms with Crippen LogP contribution in [-0.4, -0.2) is 11.7 Å². The fraction of sp³-hybridized carbons (Fsp3) is 0.231. The van der Waals surface area contributed by atoms with Gasteiger partial charge in [0, 0.05) is 0 Å². The minimum absolute atomic E-state index is 0.133. The third kappa shape index (κ3) is 3.68. The molecule has 3 nitrogen and oxygen atoms in total. The van der Waals surface area contributed by atoms with E-state index in [0.29, 0.717) is 0 Å². The Balaban J connectivity index is 1.94. The Kier molecular flexibility index (Phi) is 4.25. The fourth-order valence-electron chi connectivity index (χ4n) is 1.50. The normalized spacial score (nSPS) is 13.2. The molecule has 1 atom stereocenters. The summed E-state index contributed by atoms with van der Waals surface area (Å²) in [6.07, 6.45) is -5.44. The van der Waals surface area contributed by atoms with Gasteiger partial charge in [0.05, 0.1) is 5.56 Å². The molecule has 0 aliphatic carbocycles. The van der Waals surface area contributed by atoms with Gasteiger partial charge in [-0.2, -0.15) is 13.2 Å². The zero-order chi connectivity index (χ0) is 14.8. The molecule has 7 heteroatoms. The third-order valence-corrected chi connectivity index (χ3v) is 2.72. The van der Waals surface area contributed by atoms with Crippen LogP contribution in [-0.2, 0) is 6.18 Å². The molecule has 0 spiro atoms. The van der Waals surface area contributed by atoms with Crippen LogP contribution >= 0.6 is 11.6 Å². The summed E-state index contributed by atoms with van der Waals surface area (Å²) in [7, 11) is 0. The molecule has 0 amide bonds. The molecule has 108 valence electrons. The number of aliphatic hydroxyl groups is 1. The SMILES string of the molecule is OC(COc1ccc(C(F)(F)F)cc1)c1ccc(Cl)o1. The second kappa shape index (κ2) is 5.76. The van der Waals surface area contributed by atoms with E-state index in [4.69, 9.17) is 20.8 Å². The Morgan fingerprint density at radius 2 is 1.80 bits per heavy atom. The van der Waals surface area contributed by atoms with Crippen LogP contribution in [0.4, 0.5) is 13.2 Å². The van der Waals surface area contributed by atoms with Crippen LogP contribution in [0, 0.1) is 0 Å². The van der Waals surface area contributed by atoms with Crippen LogP contribution < -0.4 is 4.74 Å². The molecule has 0 aliphatic rings. The fourth-order valence-corrected chi connectivity index (χ4v) is 1.66. The van der Waals surface area contributed by atoms with E-state index in [1.165, 1.54) is 24.3 Å². The molecule has 0 aliphatic heterocycles. The van der Waals surface area contributed by atoms with Gasteiger partial charge in [0.1, 0.15) is 24.2 Å². The number of halogens is 4. The highest BCUT2D eigenvalue weighted by molar-refractivity contribution is 6.28. The van der Waals surface area contributed by atoms with Crippen molar-refractivity contribution in [2.75, 3.05) is 6.61 Å². The molecule has 0 radical (unpaired) electrons. The van der Waals surface area contributed by atoms with Crippen molar-refractivity contribution < 1.29 is 27.4 Å². The molecule has 1 unspecified atom stereocenters. The highest BCUT2D eigenvalue weighted by atomic mass is 35.5. The lowest BCUT2D eigenvalue weighted by atomic mass is 10.2. The summed E-state index contributed by atoms with van der Waals surface area (Å²) in [6.45, 7) is -0.158. The van der Waals surface area contributed by atoms with Crippen molar-refractivity contribution in [3.8, 4) is 5.75 Å². The first-order valence-electron chi connectivity index (χ1n) is 5.59. The molecular formula is C13H10ClF3O3. The van der Waals surface area contributed by atoms with Crippen molar-refractivity contribution in [2.45, 2.75) is 12.3 Å². The van der Waals surface area contributed by atoms with Crippen LogP contribution in [0.25, 0.3) is 0 Å². The van der Waals surface area contributed by atoms with E-state index in [9.17, 15) is 18.3 Å². The Morgan fingerprint density at radius 3 is 2.30 bits per heavy atom. The van der Waals surface area contributed by atoms with E-state index in [-0.39, 0.29) is 23.3 Å². The van der Waals surface area contributed by atoms with Crippen LogP contribution in [0.5, 0.6) is 5.75 Å². The molecule has 0 bridgehead atoms. The maximum atomic E-state index is 12.4. The molecule has 2 rings (SSSR count).